The van der Waals surface area contributed by atoms with Crippen LogP contribution in [0.15, 0.2) is 35.5 Å². The first-order valence-corrected chi connectivity index (χ1v) is 9.16. The zero-order valence-corrected chi connectivity index (χ0v) is 16.0. The monoisotopic (exact) mass is 373 g/mol. The predicted octanol–water partition coefficient (Wildman–Crippen LogP) is 2.73. The van der Waals surface area contributed by atoms with Crippen LogP contribution in [0.25, 0.3) is 0 Å². The lowest BCUT2D eigenvalue weighted by atomic mass is 9.95. The Morgan fingerprint density at radius 3 is 2.54 bits per heavy atom. The second-order valence-corrected chi connectivity index (χ2v) is 6.93. The van der Waals surface area contributed by atoms with Gasteiger partial charge in [0.15, 0.2) is 5.11 Å². The Morgan fingerprint density at radius 1 is 1.31 bits per heavy atom. The topological polar surface area (TPSA) is 70.7 Å². The second-order valence-electron chi connectivity index (χ2n) is 6.55. The van der Waals surface area contributed by atoms with E-state index in [1.165, 1.54) is 0 Å². The molecule has 0 spiro atoms. The van der Waals surface area contributed by atoms with Gasteiger partial charge in [-0.25, -0.2) is 4.79 Å². The van der Waals surface area contributed by atoms with E-state index in [0.717, 1.165) is 29.8 Å². The molecule has 1 saturated carbocycles. The van der Waals surface area contributed by atoms with Gasteiger partial charge in [-0.3, -0.25) is 4.79 Å². The Balaban J connectivity index is 1.86. The first kappa shape index (κ1) is 18.4. The Kier molecular flexibility index (Phi) is 5.27. The van der Waals surface area contributed by atoms with Crippen LogP contribution in [-0.2, 0) is 14.3 Å². The smallest absolute Gasteiger partial charge is 0.338 e. The van der Waals surface area contributed by atoms with E-state index >= 15 is 0 Å². The standard InChI is InChI=1S/C19H23N3O3S/c1-4-25-18(24)15-11(2)22(3)19(26)21-16(15)12-7-9-14(10-8-12)20-17(23)13-5-6-13/h7-10,13,16H,4-6H2,1-3H3,(H,20,23)(H,21,26). The molecule has 1 unspecified atom stereocenters. The van der Waals surface area contributed by atoms with Gasteiger partial charge in [-0.15, -0.1) is 0 Å². The molecule has 1 amide bonds. The number of esters is 1. The zero-order chi connectivity index (χ0) is 18.8. The molecule has 0 radical (unpaired) electrons. The molecule has 3 rings (SSSR count). The minimum Gasteiger partial charge on any atom is -0.463 e. The summed E-state index contributed by atoms with van der Waals surface area (Å²) in [7, 11) is 1.82. The third-order valence-electron chi connectivity index (χ3n) is 4.71. The minimum absolute atomic E-state index is 0.0688. The van der Waals surface area contributed by atoms with Crippen molar-refractivity contribution < 1.29 is 14.3 Å². The van der Waals surface area contributed by atoms with Crippen molar-refractivity contribution in [2.45, 2.75) is 32.7 Å². The maximum absolute atomic E-state index is 12.5. The molecule has 0 aromatic heterocycles. The first-order chi connectivity index (χ1) is 12.4. The summed E-state index contributed by atoms with van der Waals surface area (Å²) in [6.45, 7) is 3.95. The van der Waals surface area contributed by atoms with Crippen LogP contribution in [0.5, 0.6) is 0 Å². The van der Waals surface area contributed by atoms with Crippen molar-refractivity contribution in [1.82, 2.24) is 10.2 Å². The zero-order valence-electron chi connectivity index (χ0n) is 15.2. The highest BCUT2D eigenvalue weighted by molar-refractivity contribution is 7.80. The van der Waals surface area contributed by atoms with Crippen molar-refractivity contribution in [1.29, 1.82) is 0 Å². The van der Waals surface area contributed by atoms with Gasteiger partial charge in [-0.1, -0.05) is 12.1 Å². The maximum atomic E-state index is 12.5. The molecule has 7 heteroatoms. The fourth-order valence-electron chi connectivity index (χ4n) is 2.91. The Bertz CT molecular complexity index is 769. The van der Waals surface area contributed by atoms with Crippen LogP contribution in [0.3, 0.4) is 0 Å². The Labute approximate surface area is 158 Å². The van der Waals surface area contributed by atoms with Crippen LogP contribution in [0.1, 0.15) is 38.3 Å². The average Bonchev–Trinajstić information content (AvgIpc) is 3.45. The number of nitrogens with one attached hydrogen (secondary N) is 2. The molecule has 0 saturated heterocycles. The molecule has 1 atom stereocenters. The quantitative estimate of drug-likeness (QED) is 0.611. The number of hydrogen-bond donors (Lipinski definition) is 2. The molecule has 138 valence electrons. The number of benzene rings is 1. The van der Waals surface area contributed by atoms with Gasteiger partial charge in [-0.2, -0.15) is 0 Å². The summed E-state index contributed by atoms with van der Waals surface area (Å²) in [4.78, 5) is 26.1. The largest absolute Gasteiger partial charge is 0.463 e. The number of allylic oxidation sites excluding steroid dienone is 1. The summed E-state index contributed by atoms with van der Waals surface area (Å²) in [5.41, 5.74) is 2.94. The molecule has 1 fully saturated rings. The van der Waals surface area contributed by atoms with E-state index in [1.807, 2.05) is 38.2 Å². The lowest BCUT2D eigenvalue weighted by molar-refractivity contribution is -0.139. The van der Waals surface area contributed by atoms with Gasteiger partial charge in [0.1, 0.15) is 0 Å². The third kappa shape index (κ3) is 3.72. The van der Waals surface area contributed by atoms with E-state index in [9.17, 15) is 9.59 Å². The van der Waals surface area contributed by atoms with Gasteiger partial charge in [0.2, 0.25) is 5.91 Å². The number of nitrogens with zero attached hydrogens (tertiary/aromatic N) is 1. The minimum atomic E-state index is -0.383. The molecular formula is C19H23N3O3S. The van der Waals surface area contributed by atoms with E-state index in [-0.39, 0.29) is 23.8 Å². The normalized spacial score (nSPS) is 19.9. The average molecular weight is 373 g/mol. The molecule has 2 N–H and O–H groups in total. The van der Waals surface area contributed by atoms with Gasteiger partial charge in [0.05, 0.1) is 18.2 Å². The fraction of sp³-hybridized carbons (Fsp3) is 0.421. The van der Waals surface area contributed by atoms with Gasteiger partial charge >= 0.3 is 5.97 Å². The number of amides is 1. The summed E-state index contributed by atoms with van der Waals surface area (Å²) in [5.74, 6) is -0.133. The molecule has 1 aliphatic heterocycles. The summed E-state index contributed by atoms with van der Waals surface area (Å²) in [6, 6.07) is 7.08. The van der Waals surface area contributed by atoms with Gasteiger partial charge < -0.3 is 20.3 Å². The molecular weight excluding hydrogens is 350 g/mol. The number of hydrogen-bond acceptors (Lipinski definition) is 4. The van der Waals surface area contributed by atoms with Gasteiger partial charge in [0.25, 0.3) is 0 Å². The molecule has 2 aliphatic rings. The molecule has 6 nitrogen and oxygen atoms in total. The lowest BCUT2D eigenvalue weighted by Gasteiger charge is -2.35. The highest BCUT2D eigenvalue weighted by Gasteiger charge is 2.33. The number of carbonyl (C=O) groups is 2. The van der Waals surface area contributed by atoms with Crippen molar-refractivity contribution in [3.8, 4) is 0 Å². The van der Waals surface area contributed by atoms with Crippen LogP contribution in [0.2, 0.25) is 0 Å². The van der Waals surface area contributed by atoms with E-state index in [0.29, 0.717) is 17.3 Å². The second kappa shape index (κ2) is 7.45. The van der Waals surface area contributed by atoms with Gasteiger partial charge in [0, 0.05) is 24.4 Å². The summed E-state index contributed by atoms with van der Waals surface area (Å²) < 4.78 is 5.23. The molecule has 0 bridgehead atoms. The van der Waals surface area contributed by atoms with Crippen molar-refractivity contribution in [2.75, 3.05) is 19.0 Å². The van der Waals surface area contributed by atoms with Crippen molar-refractivity contribution in [3.63, 3.8) is 0 Å². The number of ether oxygens (including phenoxy) is 1. The number of thiocarbonyl (C=S) groups is 1. The third-order valence-corrected chi connectivity index (χ3v) is 5.10. The Morgan fingerprint density at radius 2 is 1.96 bits per heavy atom. The van der Waals surface area contributed by atoms with Crippen LogP contribution in [-0.4, -0.2) is 35.5 Å². The van der Waals surface area contributed by atoms with E-state index in [1.54, 1.807) is 11.8 Å². The number of anilines is 1. The lowest BCUT2D eigenvalue weighted by Crippen LogP contribution is -2.46. The van der Waals surface area contributed by atoms with Crippen molar-refractivity contribution in [3.05, 3.63) is 41.1 Å². The molecule has 1 heterocycles. The number of rotatable bonds is 5. The highest BCUT2D eigenvalue weighted by Crippen LogP contribution is 2.32. The molecule has 1 aliphatic carbocycles. The predicted molar refractivity (Wildman–Crippen MR) is 103 cm³/mol. The van der Waals surface area contributed by atoms with Crippen LogP contribution in [0.4, 0.5) is 5.69 Å². The Hall–Kier alpha value is -2.41. The van der Waals surface area contributed by atoms with E-state index < -0.39 is 0 Å². The summed E-state index contributed by atoms with van der Waals surface area (Å²) >= 11 is 5.38. The molecule has 1 aromatic rings. The van der Waals surface area contributed by atoms with Crippen LogP contribution >= 0.6 is 12.2 Å². The summed E-state index contributed by atoms with van der Waals surface area (Å²) in [6.07, 6.45) is 1.93. The maximum Gasteiger partial charge on any atom is 0.338 e. The van der Waals surface area contributed by atoms with E-state index in [2.05, 4.69) is 10.6 Å². The van der Waals surface area contributed by atoms with Crippen LogP contribution in [0, 0.1) is 5.92 Å². The fourth-order valence-corrected chi connectivity index (χ4v) is 3.16. The highest BCUT2D eigenvalue weighted by atomic mass is 32.1. The van der Waals surface area contributed by atoms with Gasteiger partial charge in [-0.05, 0) is 56.6 Å². The van der Waals surface area contributed by atoms with Crippen LogP contribution < -0.4 is 10.6 Å². The SMILES string of the molecule is CCOC(=O)C1=C(C)N(C)C(=S)NC1c1ccc(NC(=O)C2CC2)cc1. The van der Waals surface area contributed by atoms with Crippen molar-refractivity contribution in [2.24, 2.45) is 5.92 Å². The van der Waals surface area contributed by atoms with E-state index in [4.69, 9.17) is 17.0 Å². The number of carbonyl (C=O) groups excluding carboxylic acids is 2. The first-order valence-electron chi connectivity index (χ1n) is 8.75. The van der Waals surface area contributed by atoms with Crippen molar-refractivity contribution >= 4 is 34.9 Å². The summed E-state index contributed by atoms with van der Waals surface area (Å²) in [5, 5.41) is 6.67. The molecule has 26 heavy (non-hydrogen) atoms. The molecule has 1 aromatic carbocycles.